The minimum absolute atomic E-state index is 0.00858. The summed E-state index contributed by atoms with van der Waals surface area (Å²) in [4.78, 5) is 12.2. The zero-order valence-electron chi connectivity index (χ0n) is 13.5. The summed E-state index contributed by atoms with van der Waals surface area (Å²) in [5.41, 5.74) is 4.15. The molecule has 0 saturated carbocycles. The molecule has 0 aliphatic carbocycles. The average Bonchev–Trinajstić information content (AvgIpc) is 2.98. The molecule has 126 valence electrons. The van der Waals surface area contributed by atoms with Crippen LogP contribution in [-0.4, -0.2) is 18.5 Å². The number of nitrogens with one attached hydrogen (secondary N) is 1. The van der Waals surface area contributed by atoms with Crippen LogP contribution in [0.3, 0.4) is 0 Å². The predicted molar refractivity (Wildman–Crippen MR) is 101 cm³/mol. The Morgan fingerprint density at radius 2 is 1.88 bits per heavy atom. The molecular formula is C18H18BrNO3S. The van der Waals surface area contributed by atoms with Gasteiger partial charge in [-0.3, -0.25) is 4.79 Å². The van der Waals surface area contributed by atoms with Crippen molar-refractivity contribution < 1.29 is 14.3 Å². The first-order valence-electron chi connectivity index (χ1n) is 7.56. The van der Waals surface area contributed by atoms with Crippen LogP contribution in [0.4, 0.5) is 5.69 Å². The minimum atomic E-state index is 0.00858. The second-order valence-electron chi connectivity index (χ2n) is 5.60. The van der Waals surface area contributed by atoms with Gasteiger partial charge in [-0.25, -0.2) is 0 Å². The van der Waals surface area contributed by atoms with Crippen molar-refractivity contribution >= 4 is 39.3 Å². The number of hydrogen-bond acceptors (Lipinski definition) is 4. The van der Waals surface area contributed by atoms with Crippen LogP contribution in [0.5, 0.6) is 11.5 Å². The van der Waals surface area contributed by atoms with E-state index in [0.717, 1.165) is 44.1 Å². The van der Waals surface area contributed by atoms with Crippen molar-refractivity contribution in [3.05, 3.63) is 51.5 Å². The first-order chi connectivity index (χ1) is 11.5. The molecule has 6 heteroatoms. The Balaban J connectivity index is 1.56. The van der Waals surface area contributed by atoms with Gasteiger partial charge < -0.3 is 14.8 Å². The first-order valence-corrected chi connectivity index (χ1v) is 9.51. The molecule has 0 aromatic heterocycles. The summed E-state index contributed by atoms with van der Waals surface area (Å²) in [5.74, 6) is 2.64. The number of carbonyl (C=O) groups excluding carboxylic acids is 1. The van der Waals surface area contributed by atoms with E-state index in [4.69, 9.17) is 9.47 Å². The lowest BCUT2D eigenvalue weighted by Gasteiger charge is -2.11. The van der Waals surface area contributed by atoms with Crippen molar-refractivity contribution in [1.82, 2.24) is 0 Å². The summed E-state index contributed by atoms with van der Waals surface area (Å²) in [6, 6.07) is 9.86. The van der Waals surface area contributed by atoms with E-state index in [9.17, 15) is 4.79 Å². The summed E-state index contributed by atoms with van der Waals surface area (Å²) in [7, 11) is 0. The minimum Gasteiger partial charge on any atom is -0.454 e. The SMILES string of the molecule is Cc1cccc(C)c1NC(=O)CSCc1cc2c(cc1Br)OCO2. The van der Waals surface area contributed by atoms with Crippen LogP contribution < -0.4 is 14.8 Å². The molecule has 1 N–H and O–H groups in total. The van der Waals surface area contributed by atoms with Crippen LogP contribution in [0.2, 0.25) is 0 Å². The van der Waals surface area contributed by atoms with Crippen molar-refractivity contribution in [2.75, 3.05) is 17.9 Å². The Morgan fingerprint density at radius 1 is 1.21 bits per heavy atom. The number of para-hydroxylation sites is 1. The van der Waals surface area contributed by atoms with Gasteiger partial charge in [0, 0.05) is 15.9 Å². The van der Waals surface area contributed by atoms with Crippen LogP contribution >= 0.6 is 27.7 Å². The first kappa shape index (κ1) is 17.2. The van der Waals surface area contributed by atoms with Crippen molar-refractivity contribution in [3.63, 3.8) is 0 Å². The number of fused-ring (bicyclic) bond motifs is 1. The highest BCUT2D eigenvalue weighted by molar-refractivity contribution is 9.10. The molecule has 4 nitrogen and oxygen atoms in total. The second kappa shape index (κ2) is 7.49. The third-order valence-corrected chi connectivity index (χ3v) is 5.50. The highest BCUT2D eigenvalue weighted by Gasteiger charge is 2.16. The molecule has 1 amide bonds. The van der Waals surface area contributed by atoms with Gasteiger partial charge in [-0.2, -0.15) is 0 Å². The van der Waals surface area contributed by atoms with E-state index in [2.05, 4.69) is 21.2 Å². The standard InChI is InChI=1S/C18H18BrNO3S/c1-11-4-3-5-12(2)18(11)20-17(21)9-24-8-13-6-15-16(7-14(13)19)23-10-22-15/h3-7H,8-10H2,1-2H3,(H,20,21). The maximum Gasteiger partial charge on any atom is 0.234 e. The molecule has 0 unspecified atom stereocenters. The fourth-order valence-corrected chi connectivity index (χ4v) is 3.98. The zero-order chi connectivity index (χ0) is 17.1. The molecular weight excluding hydrogens is 390 g/mol. The third-order valence-electron chi connectivity index (χ3n) is 3.78. The molecule has 0 fully saturated rings. The van der Waals surface area contributed by atoms with E-state index < -0.39 is 0 Å². The number of benzene rings is 2. The van der Waals surface area contributed by atoms with Crippen molar-refractivity contribution in [3.8, 4) is 11.5 Å². The average molecular weight is 408 g/mol. The number of ether oxygens (including phenoxy) is 2. The van der Waals surface area contributed by atoms with E-state index in [1.165, 1.54) is 0 Å². The lowest BCUT2D eigenvalue weighted by Crippen LogP contribution is -2.15. The van der Waals surface area contributed by atoms with Gasteiger partial charge in [0.25, 0.3) is 0 Å². The molecule has 0 spiro atoms. The number of thioether (sulfide) groups is 1. The molecule has 0 bridgehead atoms. The summed E-state index contributed by atoms with van der Waals surface area (Å²) >= 11 is 5.11. The number of aryl methyl sites for hydroxylation is 2. The van der Waals surface area contributed by atoms with Gasteiger partial charge in [-0.1, -0.05) is 34.1 Å². The van der Waals surface area contributed by atoms with E-state index in [-0.39, 0.29) is 12.7 Å². The van der Waals surface area contributed by atoms with Gasteiger partial charge in [0.15, 0.2) is 11.5 Å². The van der Waals surface area contributed by atoms with Gasteiger partial charge in [0.05, 0.1) is 5.75 Å². The van der Waals surface area contributed by atoms with Gasteiger partial charge in [-0.15, -0.1) is 11.8 Å². The summed E-state index contributed by atoms with van der Waals surface area (Å²) in [6.07, 6.45) is 0. The number of halogens is 1. The Bertz CT molecular complexity index is 759. The van der Waals surface area contributed by atoms with Crippen molar-refractivity contribution in [2.24, 2.45) is 0 Å². The van der Waals surface area contributed by atoms with Crippen molar-refractivity contribution in [2.45, 2.75) is 19.6 Å². The number of amides is 1. The lowest BCUT2D eigenvalue weighted by molar-refractivity contribution is -0.113. The van der Waals surface area contributed by atoms with E-state index in [1.54, 1.807) is 11.8 Å². The van der Waals surface area contributed by atoms with Crippen LogP contribution in [0.1, 0.15) is 16.7 Å². The Hall–Kier alpha value is -1.66. The number of rotatable bonds is 5. The number of hydrogen-bond donors (Lipinski definition) is 1. The number of anilines is 1. The summed E-state index contributed by atoms with van der Waals surface area (Å²) < 4.78 is 11.7. The van der Waals surface area contributed by atoms with E-state index >= 15 is 0 Å². The van der Waals surface area contributed by atoms with Crippen LogP contribution in [0.25, 0.3) is 0 Å². The summed E-state index contributed by atoms with van der Waals surface area (Å²) in [6.45, 7) is 4.26. The summed E-state index contributed by atoms with van der Waals surface area (Å²) in [5, 5.41) is 3.00. The van der Waals surface area contributed by atoms with Crippen LogP contribution in [-0.2, 0) is 10.5 Å². The molecule has 1 heterocycles. The van der Waals surface area contributed by atoms with Gasteiger partial charge in [-0.05, 0) is 42.7 Å². The molecule has 0 saturated heterocycles. The molecule has 1 aliphatic heterocycles. The Morgan fingerprint density at radius 3 is 2.58 bits per heavy atom. The van der Waals surface area contributed by atoms with Crippen molar-refractivity contribution in [1.29, 1.82) is 0 Å². The third kappa shape index (κ3) is 3.87. The Labute approximate surface area is 154 Å². The molecule has 24 heavy (non-hydrogen) atoms. The van der Waals surface area contributed by atoms with E-state index in [0.29, 0.717) is 5.75 Å². The molecule has 3 rings (SSSR count). The Kier molecular flexibility index (Phi) is 5.36. The highest BCUT2D eigenvalue weighted by Crippen LogP contribution is 2.38. The lowest BCUT2D eigenvalue weighted by atomic mass is 10.1. The monoisotopic (exact) mass is 407 g/mol. The number of carbonyl (C=O) groups is 1. The fourth-order valence-electron chi connectivity index (χ4n) is 2.51. The van der Waals surface area contributed by atoms with Crippen LogP contribution in [0.15, 0.2) is 34.8 Å². The highest BCUT2D eigenvalue weighted by atomic mass is 79.9. The molecule has 2 aromatic carbocycles. The zero-order valence-corrected chi connectivity index (χ0v) is 15.9. The quantitative estimate of drug-likeness (QED) is 0.782. The van der Waals surface area contributed by atoms with Crippen LogP contribution in [0, 0.1) is 13.8 Å². The predicted octanol–water partition coefficient (Wildman–Crippen LogP) is 4.67. The van der Waals surface area contributed by atoms with Gasteiger partial charge >= 0.3 is 0 Å². The maximum atomic E-state index is 12.2. The van der Waals surface area contributed by atoms with Gasteiger partial charge in [0.2, 0.25) is 12.7 Å². The molecule has 1 aliphatic rings. The normalized spacial score (nSPS) is 12.3. The largest absolute Gasteiger partial charge is 0.454 e. The maximum absolute atomic E-state index is 12.2. The fraction of sp³-hybridized carbons (Fsp3) is 0.278. The van der Waals surface area contributed by atoms with E-state index in [1.807, 2.05) is 44.2 Å². The smallest absolute Gasteiger partial charge is 0.234 e. The molecule has 0 radical (unpaired) electrons. The molecule has 2 aromatic rings. The topological polar surface area (TPSA) is 47.6 Å². The van der Waals surface area contributed by atoms with Gasteiger partial charge in [0.1, 0.15) is 0 Å². The molecule has 0 atom stereocenters. The second-order valence-corrected chi connectivity index (χ2v) is 7.44.